The molecular weight excluding hydrogens is 140 g/mol. The molecule has 2 atom stereocenters. The van der Waals surface area contributed by atoms with Gasteiger partial charge in [0.2, 0.25) is 0 Å². The lowest BCUT2D eigenvalue weighted by Crippen LogP contribution is -2.30. The molecule has 0 aromatic rings. The number of carbonyl (C=O) groups is 1. The first-order valence-corrected chi connectivity index (χ1v) is 3.89. The van der Waals surface area contributed by atoms with E-state index in [0.29, 0.717) is 0 Å². The molecule has 0 N–H and O–H groups in total. The smallest absolute Gasteiger partial charge is 0.161 e. The second-order valence-electron chi connectivity index (χ2n) is 3.16. The van der Waals surface area contributed by atoms with Gasteiger partial charge in [-0.05, 0) is 19.4 Å². The van der Waals surface area contributed by atoms with E-state index in [2.05, 4.69) is 0 Å². The molecule has 0 saturated heterocycles. The van der Waals surface area contributed by atoms with Crippen molar-refractivity contribution in [2.75, 3.05) is 7.11 Å². The fraction of sp³-hybridized carbons (Fsp3) is 0.667. The third kappa shape index (κ3) is 1.69. The average Bonchev–Trinajstić information content (AvgIpc) is 1.96. The van der Waals surface area contributed by atoms with Crippen LogP contribution in [0.3, 0.4) is 0 Å². The van der Waals surface area contributed by atoms with Crippen LogP contribution >= 0.6 is 0 Å². The highest BCUT2D eigenvalue weighted by atomic mass is 16.5. The zero-order valence-corrected chi connectivity index (χ0v) is 7.26. The minimum Gasteiger partial charge on any atom is -0.380 e. The molecule has 0 saturated carbocycles. The normalized spacial score (nSPS) is 31.9. The summed E-state index contributed by atoms with van der Waals surface area (Å²) in [6, 6.07) is 0. The summed E-state index contributed by atoms with van der Waals surface area (Å²) >= 11 is 0. The van der Waals surface area contributed by atoms with E-state index in [1.54, 1.807) is 13.2 Å². The summed E-state index contributed by atoms with van der Waals surface area (Å²) in [4.78, 5) is 11.2. The van der Waals surface area contributed by atoms with Gasteiger partial charge < -0.3 is 4.74 Å². The second-order valence-corrected chi connectivity index (χ2v) is 3.16. The molecule has 0 aliphatic heterocycles. The SMILES string of the molecule is COC1CC(C)=CC(=O)C1C. The van der Waals surface area contributed by atoms with Gasteiger partial charge >= 0.3 is 0 Å². The number of ketones is 1. The van der Waals surface area contributed by atoms with E-state index in [0.717, 1.165) is 12.0 Å². The molecule has 0 heterocycles. The van der Waals surface area contributed by atoms with E-state index < -0.39 is 0 Å². The number of hydrogen-bond donors (Lipinski definition) is 0. The number of allylic oxidation sites excluding steroid dienone is 1. The van der Waals surface area contributed by atoms with Crippen LogP contribution in [-0.2, 0) is 9.53 Å². The topological polar surface area (TPSA) is 26.3 Å². The molecule has 0 spiro atoms. The van der Waals surface area contributed by atoms with Gasteiger partial charge in [0, 0.05) is 13.0 Å². The maximum atomic E-state index is 11.2. The lowest BCUT2D eigenvalue weighted by Gasteiger charge is -2.24. The third-order valence-corrected chi connectivity index (χ3v) is 2.22. The van der Waals surface area contributed by atoms with Crippen molar-refractivity contribution in [1.82, 2.24) is 0 Å². The zero-order valence-electron chi connectivity index (χ0n) is 7.26. The van der Waals surface area contributed by atoms with Crippen LogP contribution < -0.4 is 0 Å². The minimum absolute atomic E-state index is 0.0312. The Morgan fingerprint density at radius 3 is 2.82 bits per heavy atom. The Balaban J connectivity index is 2.76. The number of carbonyl (C=O) groups excluding carboxylic acids is 1. The van der Waals surface area contributed by atoms with Crippen molar-refractivity contribution in [2.24, 2.45) is 5.92 Å². The average molecular weight is 154 g/mol. The number of rotatable bonds is 1. The first-order chi connectivity index (χ1) is 5.15. The molecule has 0 aromatic carbocycles. The summed E-state index contributed by atoms with van der Waals surface area (Å²) in [5.41, 5.74) is 1.12. The Bertz CT molecular complexity index is 194. The van der Waals surface area contributed by atoms with Gasteiger partial charge in [0.15, 0.2) is 5.78 Å². The van der Waals surface area contributed by atoms with Crippen molar-refractivity contribution in [2.45, 2.75) is 26.4 Å². The molecule has 2 nitrogen and oxygen atoms in total. The Morgan fingerprint density at radius 2 is 2.27 bits per heavy atom. The molecule has 2 heteroatoms. The van der Waals surface area contributed by atoms with Gasteiger partial charge in [-0.25, -0.2) is 0 Å². The highest BCUT2D eigenvalue weighted by molar-refractivity contribution is 5.93. The fourth-order valence-corrected chi connectivity index (χ4v) is 1.40. The number of ether oxygens (including phenoxy) is 1. The van der Waals surface area contributed by atoms with Crippen molar-refractivity contribution >= 4 is 5.78 Å². The standard InChI is InChI=1S/C9H14O2/c1-6-4-8(10)7(2)9(5-6)11-3/h4,7,9H,5H2,1-3H3. The molecule has 0 fully saturated rings. The van der Waals surface area contributed by atoms with Crippen LogP contribution in [0.1, 0.15) is 20.3 Å². The quantitative estimate of drug-likeness (QED) is 0.573. The first-order valence-electron chi connectivity index (χ1n) is 3.89. The van der Waals surface area contributed by atoms with E-state index in [1.807, 2.05) is 13.8 Å². The van der Waals surface area contributed by atoms with Gasteiger partial charge in [0.1, 0.15) is 0 Å². The van der Waals surface area contributed by atoms with E-state index in [-0.39, 0.29) is 17.8 Å². The number of methoxy groups -OCH3 is 1. The largest absolute Gasteiger partial charge is 0.380 e. The van der Waals surface area contributed by atoms with Gasteiger partial charge in [-0.1, -0.05) is 12.5 Å². The van der Waals surface area contributed by atoms with Gasteiger partial charge in [-0.3, -0.25) is 4.79 Å². The van der Waals surface area contributed by atoms with Crippen molar-refractivity contribution in [1.29, 1.82) is 0 Å². The van der Waals surface area contributed by atoms with Gasteiger partial charge in [0.25, 0.3) is 0 Å². The van der Waals surface area contributed by atoms with E-state index in [9.17, 15) is 4.79 Å². The van der Waals surface area contributed by atoms with Crippen LogP contribution in [0, 0.1) is 5.92 Å². The molecule has 1 aliphatic carbocycles. The molecule has 11 heavy (non-hydrogen) atoms. The van der Waals surface area contributed by atoms with Crippen molar-refractivity contribution in [3.8, 4) is 0 Å². The minimum atomic E-state index is 0.0312. The van der Waals surface area contributed by atoms with Crippen LogP contribution in [0.25, 0.3) is 0 Å². The first kappa shape index (κ1) is 8.47. The summed E-state index contributed by atoms with van der Waals surface area (Å²) < 4.78 is 5.18. The molecule has 2 unspecified atom stereocenters. The van der Waals surface area contributed by atoms with Crippen LogP contribution in [0.2, 0.25) is 0 Å². The summed E-state index contributed by atoms with van der Waals surface area (Å²) in [6.07, 6.45) is 2.70. The Labute approximate surface area is 67.2 Å². The highest BCUT2D eigenvalue weighted by Gasteiger charge is 2.26. The second kappa shape index (κ2) is 3.18. The summed E-state index contributed by atoms with van der Waals surface area (Å²) in [7, 11) is 1.66. The molecule has 1 aliphatic rings. The van der Waals surface area contributed by atoms with Gasteiger partial charge in [-0.2, -0.15) is 0 Å². The van der Waals surface area contributed by atoms with Gasteiger partial charge in [-0.15, -0.1) is 0 Å². The zero-order chi connectivity index (χ0) is 8.43. The lowest BCUT2D eigenvalue weighted by molar-refractivity contribution is -0.122. The summed E-state index contributed by atoms with van der Waals surface area (Å²) in [5, 5.41) is 0. The van der Waals surface area contributed by atoms with E-state index >= 15 is 0 Å². The predicted molar refractivity (Wildman–Crippen MR) is 43.3 cm³/mol. The number of hydrogen-bond acceptors (Lipinski definition) is 2. The van der Waals surface area contributed by atoms with Crippen molar-refractivity contribution < 1.29 is 9.53 Å². The predicted octanol–water partition coefficient (Wildman–Crippen LogP) is 1.56. The van der Waals surface area contributed by atoms with E-state index in [4.69, 9.17) is 4.74 Å². The monoisotopic (exact) mass is 154 g/mol. The van der Waals surface area contributed by atoms with Crippen LogP contribution in [-0.4, -0.2) is 19.0 Å². The maximum Gasteiger partial charge on any atom is 0.161 e. The molecule has 0 amide bonds. The molecule has 0 aromatic heterocycles. The Kier molecular flexibility index (Phi) is 2.45. The molecule has 62 valence electrons. The maximum absolute atomic E-state index is 11.2. The third-order valence-electron chi connectivity index (χ3n) is 2.22. The van der Waals surface area contributed by atoms with Gasteiger partial charge in [0.05, 0.1) is 6.10 Å². The van der Waals surface area contributed by atoms with Crippen LogP contribution in [0.4, 0.5) is 0 Å². The summed E-state index contributed by atoms with van der Waals surface area (Å²) in [5.74, 6) is 0.226. The van der Waals surface area contributed by atoms with Crippen LogP contribution in [0.5, 0.6) is 0 Å². The molecule has 0 bridgehead atoms. The Morgan fingerprint density at radius 1 is 1.64 bits per heavy atom. The lowest BCUT2D eigenvalue weighted by atomic mass is 9.88. The van der Waals surface area contributed by atoms with Crippen molar-refractivity contribution in [3.63, 3.8) is 0 Å². The van der Waals surface area contributed by atoms with Crippen LogP contribution in [0.15, 0.2) is 11.6 Å². The highest BCUT2D eigenvalue weighted by Crippen LogP contribution is 2.22. The van der Waals surface area contributed by atoms with E-state index in [1.165, 1.54) is 0 Å². The summed E-state index contributed by atoms with van der Waals surface area (Å²) in [6.45, 7) is 3.88. The molecular formula is C9H14O2. The molecule has 0 radical (unpaired) electrons. The fourth-order valence-electron chi connectivity index (χ4n) is 1.40. The molecule has 1 rings (SSSR count). The van der Waals surface area contributed by atoms with Crippen molar-refractivity contribution in [3.05, 3.63) is 11.6 Å². The Hall–Kier alpha value is -0.630.